The Balaban J connectivity index is 1.95. The minimum absolute atomic E-state index is 0.160. The number of hydrogen-bond acceptors (Lipinski definition) is 1. The van der Waals surface area contributed by atoms with Gasteiger partial charge in [0.2, 0.25) is 0 Å². The van der Waals surface area contributed by atoms with Crippen molar-refractivity contribution in [1.29, 1.82) is 0 Å². The number of nitrogens with one attached hydrogen (secondary N) is 1. The maximum absolute atomic E-state index is 12.9. The van der Waals surface area contributed by atoms with Crippen LogP contribution in [-0.4, -0.2) is 6.04 Å². The smallest absolute Gasteiger partial charge is 0.123 e. The lowest BCUT2D eigenvalue weighted by Crippen LogP contribution is -2.38. The van der Waals surface area contributed by atoms with Crippen LogP contribution in [0.3, 0.4) is 0 Å². The van der Waals surface area contributed by atoms with E-state index in [2.05, 4.69) is 19.2 Å². The highest BCUT2D eigenvalue weighted by Crippen LogP contribution is 2.26. The second kappa shape index (κ2) is 5.63. The number of benzene rings is 1. The molecule has 0 aromatic heterocycles. The summed E-state index contributed by atoms with van der Waals surface area (Å²) < 4.78 is 12.9. The molecule has 2 heteroatoms. The van der Waals surface area contributed by atoms with E-state index in [1.54, 1.807) is 0 Å². The molecule has 0 heterocycles. The van der Waals surface area contributed by atoms with Crippen molar-refractivity contribution in [3.8, 4) is 0 Å². The van der Waals surface area contributed by atoms with E-state index in [1.807, 2.05) is 12.1 Å². The highest BCUT2D eigenvalue weighted by molar-refractivity contribution is 5.19. The summed E-state index contributed by atoms with van der Waals surface area (Å²) in [6, 6.07) is 7.75. The molecule has 0 amide bonds. The Morgan fingerprint density at radius 1 is 1.18 bits per heavy atom. The summed E-state index contributed by atoms with van der Waals surface area (Å²) in [4.78, 5) is 0. The zero-order chi connectivity index (χ0) is 12.3. The van der Waals surface area contributed by atoms with Gasteiger partial charge in [-0.15, -0.1) is 0 Å². The molecular weight excluding hydrogens is 213 g/mol. The molecule has 1 aromatic rings. The van der Waals surface area contributed by atoms with E-state index in [0.29, 0.717) is 12.1 Å². The fourth-order valence-corrected chi connectivity index (χ4v) is 2.73. The number of rotatable bonds is 3. The van der Waals surface area contributed by atoms with Crippen LogP contribution in [0.5, 0.6) is 0 Å². The first-order chi connectivity index (χ1) is 8.16. The predicted molar refractivity (Wildman–Crippen MR) is 69.4 cm³/mol. The topological polar surface area (TPSA) is 12.0 Å². The summed E-state index contributed by atoms with van der Waals surface area (Å²) in [5.41, 5.74) is 1.17. The molecule has 0 spiro atoms. The van der Waals surface area contributed by atoms with Crippen molar-refractivity contribution >= 4 is 0 Å². The molecule has 0 bridgehead atoms. The molecular formula is C15H22FN. The van der Waals surface area contributed by atoms with E-state index in [-0.39, 0.29) is 5.82 Å². The first-order valence-electron chi connectivity index (χ1n) is 6.68. The lowest BCUT2D eigenvalue weighted by molar-refractivity contribution is 0.263. The third-order valence-electron chi connectivity index (χ3n) is 3.95. The molecule has 1 aliphatic rings. The average molecular weight is 235 g/mol. The lowest BCUT2D eigenvalue weighted by atomic mass is 9.85. The number of halogens is 1. The van der Waals surface area contributed by atoms with Crippen LogP contribution < -0.4 is 5.32 Å². The van der Waals surface area contributed by atoms with Crippen molar-refractivity contribution in [3.63, 3.8) is 0 Å². The Bertz CT molecular complexity index is 346. The number of hydrogen-bond donors (Lipinski definition) is 1. The molecule has 2 unspecified atom stereocenters. The van der Waals surface area contributed by atoms with Crippen molar-refractivity contribution in [2.75, 3.05) is 0 Å². The summed E-state index contributed by atoms with van der Waals surface area (Å²) in [6.45, 7) is 4.49. The molecule has 1 N–H and O–H groups in total. The molecule has 1 nitrogen and oxygen atoms in total. The van der Waals surface area contributed by atoms with Crippen LogP contribution >= 0.6 is 0 Å². The van der Waals surface area contributed by atoms with E-state index >= 15 is 0 Å². The van der Waals surface area contributed by atoms with Crippen molar-refractivity contribution in [1.82, 2.24) is 5.32 Å². The Morgan fingerprint density at radius 2 is 1.82 bits per heavy atom. The Kier molecular flexibility index (Phi) is 4.16. The molecule has 1 aromatic carbocycles. The highest BCUT2D eigenvalue weighted by Gasteiger charge is 2.22. The Hall–Kier alpha value is -0.890. The van der Waals surface area contributed by atoms with Crippen LogP contribution in [0.4, 0.5) is 4.39 Å². The van der Waals surface area contributed by atoms with E-state index in [4.69, 9.17) is 0 Å². The van der Waals surface area contributed by atoms with Crippen LogP contribution in [-0.2, 0) is 0 Å². The Morgan fingerprint density at radius 3 is 2.47 bits per heavy atom. The van der Waals surface area contributed by atoms with E-state index in [1.165, 1.54) is 43.4 Å². The molecule has 0 aliphatic heterocycles. The van der Waals surface area contributed by atoms with Crippen LogP contribution in [0.1, 0.15) is 51.1 Å². The first kappa shape index (κ1) is 12.6. The molecule has 1 saturated carbocycles. The summed E-state index contributed by atoms with van der Waals surface area (Å²) in [6.07, 6.45) is 5.29. The second-order valence-corrected chi connectivity index (χ2v) is 5.31. The molecule has 3 atom stereocenters. The minimum Gasteiger partial charge on any atom is -0.307 e. The standard InChI is InChI=1S/C15H22FN/c1-11-5-3-4-6-15(11)17-12(2)13-7-9-14(16)10-8-13/h7-12,15,17H,3-6H2,1-2H3/t11?,12-,15?/m0/s1. The largest absolute Gasteiger partial charge is 0.307 e. The molecule has 0 radical (unpaired) electrons. The van der Waals surface area contributed by atoms with Gasteiger partial charge in [-0.3, -0.25) is 0 Å². The molecule has 1 aliphatic carbocycles. The summed E-state index contributed by atoms with van der Waals surface area (Å²) >= 11 is 0. The van der Waals surface area contributed by atoms with E-state index in [0.717, 1.165) is 5.92 Å². The van der Waals surface area contributed by atoms with Crippen LogP contribution in [0.2, 0.25) is 0 Å². The van der Waals surface area contributed by atoms with Crippen LogP contribution in [0.25, 0.3) is 0 Å². The quantitative estimate of drug-likeness (QED) is 0.833. The molecule has 1 fully saturated rings. The lowest BCUT2D eigenvalue weighted by Gasteiger charge is -2.32. The van der Waals surface area contributed by atoms with Gasteiger partial charge in [-0.25, -0.2) is 4.39 Å². The molecule has 17 heavy (non-hydrogen) atoms. The van der Waals surface area contributed by atoms with Gasteiger partial charge in [0.15, 0.2) is 0 Å². The fourth-order valence-electron chi connectivity index (χ4n) is 2.73. The van der Waals surface area contributed by atoms with Crippen molar-refractivity contribution in [2.24, 2.45) is 5.92 Å². The summed E-state index contributed by atoms with van der Waals surface area (Å²) in [5.74, 6) is 0.596. The van der Waals surface area contributed by atoms with Crippen molar-refractivity contribution in [2.45, 2.75) is 51.6 Å². The van der Waals surface area contributed by atoms with Gasteiger partial charge in [0.05, 0.1) is 0 Å². The van der Waals surface area contributed by atoms with Crippen molar-refractivity contribution in [3.05, 3.63) is 35.6 Å². The van der Waals surface area contributed by atoms with Crippen LogP contribution in [0, 0.1) is 11.7 Å². The predicted octanol–water partition coefficient (Wildman–Crippen LogP) is 4.06. The van der Waals surface area contributed by atoms with Gasteiger partial charge in [0, 0.05) is 12.1 Å². The fraction of sp³-hybridized carbons (Fsp3) is 0.600. The Labute approximate surface area is 103 Å². The van der Waals surface area contributed by atoms with Gasteiger partial charge >= 0.3 is 0 Å². The minimum atomic E-state index is -0.160. The van der Waals surface area contributed by atoms with Gasteiger partial charge in [-0.2, -0.15) is 0 Å². The van der Waals surface area contributed by atoms with Gasteiger partial charge in [-0.05, 0) is 43.4 Å². The molecule has 0 saturated heterocycles. The van der Waals surface area contributed by atoms with Gasteiger partial charge in [0.1, 0.15) is 5.82 Å². The zero-order valence-electron chi connectivity index (χ0n) is 10.7. The first-order valence-corrected chi connectivity index (χ1v) is 6.68. The summed E-state index contributed by atoms with van der Waals surface area (Å²) in [7, 11) is 0. The average Bonchev–Trinajstić information content (AvgIpc) is 2.33. The third-order valence-corrected chi connectivity index (χ3v) is 3.95. The van der Waals surface area contributed by atoms with Crippen LogP contribution in [0.15, 0.2) is 24.3 Å². The van der Waals surface area contributed by atoms with Gasteiger partial charge in [0.25, 0.3) is 0 Å². The van der Waals surface area contributed by atoms with E-state index < -0.39 is 0 Å². The van der Waals surface area contributed by atoms with Gasteiger partial charge in [-0.1, -0.05) is 31.9 Å². The third kappa shape index (κ3) is 3.29. The van der Waals surface area contributed by atoms with Crippen molar-refractivity contribution < 1.29 is 4.39 Å². The maximum atomic E-state index is 12.9. The highest BCUT2D eigenvalue weighted by atomic mass is 19.1. The zero-order valence-corrected chi connectivity index (χ0v) is 10.7. The SMILES string of the molecule is CC1CCCCC1N[C@@H](C)c1ccc(F)cc1. The monoisotopic (exact) mass is 235 g/mol. The normalized spacial score (nSPS) is 26.8. The van der Waals surface area contributed by atoms with E-state index in [9.17, 15) is 4.39 Å². The molecule has 94 valence electrons. The van der Waals surface area contributed by atoms with Gasteiger partial charge < -0.3 is 5.32 Å². The second-order valence-electron chi connectivity index (χ2n) is 5.31. The maximum Gasteiger partial charge on any atom is 0.123 e. The molecule has 2 rings (SSSR count). The summed E-state index contributed by atoms with van der Waals surface area (Å²) in [5, 5.41) is 3.68.